The highest BCUT2D eigenvalue weighted by atomic mass is 19.1. The lowest BCUT2D eigenvalue weighted by molar-refractivity contribution is -0.131. The molecule has 0 fully saturated rings. The monoisotopic (exact) mass is 420 g/mol. The summed E-state index contributed by atoms with van der Waals surface area (Å²) in [7, 11) is 0. The van der Waals surface area contributed by atoms with Crippen LogP contribution >= 0.6 is 0 Å². The van der Waals surface area contributed by atoms with E-state index in [1.807, 2.05) is 13.0 Å². The van der Waals surface area contributed by atoms with Gasteiger partial charge in [0, 0.05) is 19.4 Å². The van der Waals surface area contributed by atoms with Crippen LogP contribution in [0.4, 0.5) is 4.39 Å². The molecule has 0 saturated carbocycles. The molecule has 8 heteroatoms. The number of nitrogens with zero attached hydrogens (tertiary/aromatic N) is 3. The van der Waals surface area contributed by atoms with Crippen LogP contribution < -0.4 is 5.56 Å². The van der Waals surface area contributed by atoms with E-state index < -0.39 is 5.82 Å². The molecular weight excluding hydrogens is 399 g/mol. The Balaban J connectivity index is 1.42. The lowest BCUT2D eigenvalue weighted by Gasteiger charge is -2.20. The van der Waals surface area contributed by atoms with Gasteiger partial charge in [0.1, 0.15) is 11.6 Å². The number of fused-ring (bicyclic) bond motifs is 1. The van der Waals surface area contributed by atoms with Gasteiger partial charge in [-0.1, -0.05) is 24.3 Å². The van der Waals surface area contributed by atoms with Gasteiger partial charge >= 0.3 is 0 Å². The van der Waals surface area contributed by atoms with Crippen LogP contribution in [-0.4, -0.2) is 32.3 Å². The second-order valence-electron chi connectivity index (χ2n) is 7.04. The molecule has 2 aromatic carbocycles. The van der Waals surface area contributed by atoms with E-state index in [2.05, 4.69) is 15.0 Å². The van der Waals surface area contributed by atoms with Gasteiger partial charge in [-0.3, -0.25) is 9.59 Å². The predicted molar refractivity (Wildman–Crippen MR) is 114 cm³/mol. The maximum Gasteiger partial charge on any atom is 0.258 e. The molecule has 0 aliphatic rings. The van der Waals surface area contributed by atoms with Gasteiger partial charge in [-0.05, 0) is 31.2 Å². The average Bonchev–Trinajstić information content (AvgIpc) is 3.25. The summed E-state index contributed by atoms with van der Waals surface area (Å²) >= 11 is 0. The number of benzene rings is 2. The van der Waals surface area contributed by atoms with Crippen molar-refractivity contribution in [3.8, 4) is 11.3 Å². The van der Waals surface area contributed by atoms with Crippen molar-refractivity contribution in [3.05, 3.63) is 82.6 Å². The second kappa shape index (κ2) is 8.91. The number of aryl methyl sites for hydroxylation is 1. The number of H-pyrrole nitrogens is 1. The van der Waals surface area contributed by atoms with Gasteiger partial charge < -0.3 is 14.3 Å². The maximum atomic E-state index is 13.9. The largest absolute Gasteiger partial charge is 0.441 e. The minimum atomic E-state index is -0.393. The minimum absolute atomic E-state index is 0.121. The number of aromatic amines is 1. The highest BCUT2D eigenvalue weighted by Gasteiger charge is 2.16. The zero-order chi connectivity index (χ0) is 21.8. The van der Waals surface area contributed by atoms with Crippen LogP contribution in [0.5, 0.6) is 0 Å². The van der Waals surface area contributed by atoms with Crippen LogP contribution in [-0.2, 0) is 17.8 Å². The maximum absolute atomic E-state index is 13.9. The zero-order valence-corrected chi connectivity index (χ0v) is 17.0. The van der Waals surface area contributed by atoms with Crippen molar-refractivity contribution in [2.45, 2.75) is 26.3 Å². The number of hydrogen-bond acceptors (Lipinski definition) is 5. The molecule has 0 spiro atoms. The Labute approximate surface area is 177 Å². The van der Waals surface area contributed by atoms with Gasteiger partial charge in [0.2, 0.25) is 5.91 Å². The second-order valence-corrected chi connectivity index (χ2v) is 7.04. The first-order chi connectivity index (χ1) is 15.0. The zero-order valence-electron chi connectivity index (χ0n) is 17.0. The molecule has 4 aromatic rings. The van der Waals surface area contributed by atoms with Crippen molar-refractivity contribution < 1.29 is 13.6 Å². The van der Waals surface area contributed by atoms with Gasteiger partial charge in [-0.25, -0.2) is 14.4 Å². The number of para-hydroxylation sites is 1. The number of oxazole rings is 1. The molecule has 31 heavy (non-hydrogen) atoms. The van der Waals surface area contributed by atoms with Crippen molar-refractivity contribution in [1.82, 2.24) is 19.9 Å². The predicted octanol–water partition coefficient (Wildman–Crippen LogP) is 3.70. The average molecular weight is 420 g/mol. The van der Waals surface area contributed by atoms with E-state index >= 15 is 0 Å². The minimum Gasteiger partial charge on any atom is -0.441 e. The number of nitrogens with one attached hydrogen (secondary N) is 1. The summed E-state index contributed by atoms with van der Waals surface area (Å²) in [5.74, 6) is 0.599. The van der Waals surface area contributed by atoms with Crippen LogP contribution in [0.3, 0.4) is 0 Å². The molecular formula is C23H21FN4O3. The van der Waals surface area contributed by atoms with Gasteiger partial charge in [0.15, 0.2) is 11.7 Å². The Morgan fingerprint density at radius 1 is 1.16 bits per heavy atom. The molecule has 0 atom stereocenters. The van der Waals surface area contributed by atoms with Crippen molar-refractivity contribution in [2.75, 3.05) is 6.54 Å². The van der Waals surface area contributed by atoms with E-state index in [0.717, 1.165) is 0 Å². The molecule has 0 bridgehead atoms. The molecule has 0 aliphatic heterocycles. The number of halogens is 1. The van der Waals surface area contributed by atoms with E-state index in [4.69, 9.17) is 4.42 Å². The summed E-state index contributed by atoms with van der Waals surface area (Å²) in [6.07, 6.45) is 1.91. The normalized spacial score (nSPS) is 11.0. The van der Waals surface area contributed by atoms with Crippen LogP contribution in [0, 0.1) is 5.82 Å². The molecule has 2 aromatic heterocycles. The summed E-state index contributed by atoms with van der Waals surface area (Å²) in [5.41, 5.74) is 0.684. The van der Waals surface area contributed by atoms with Gasteiger partial charge in [-0.2, -0.15) is 0 Å². The van der Waals surface area contributed by atoms with Crippen molar-refractivity contribution >= 4 is 16.8 Å². The lowest BCUT2D eigenvalue weighted by atomic mass is 10.2. The van der Waals surface area contributed by atoms with Gasteiger partial charge in [-0.15, -0.1) is 0 Å². The van der Waals surface area contributed by atoms with E-state index in [0.29, 0.717) is 40.5 Å². The molecule has 0 aliphatic carbocycles. The number of carbonyl (C=O) groups excluding carboxylic acids is 1. The molecule has 0 saturated heterocycles. The Bertz CT molecular complexity index is 1280. The van der Waals surface area contributed by atoms with E-state index in [1.165, 1.54) is 12.3 Å². The SMILES string of the molecule is CCN(Cc1nc2ccccc2c(=O)[nH]1)C(=O)CCc1ncc(-c2ccccc2F)o1. The fourth-order valence-corrected chi connectivity index (χ4v) is 3.35. The lowest BCUT2D eigenvalue weighted by Crippen LogP contribution is -2.32. The van der Waals surface area contributed by atoms with Crippen LogP contribution in [0.2, 0.25) is 0 Å². The number of carbonyl (C=O) groups is 1. The Morgan fingerprint density at radius 3 is 2.74 bits per heavy atom. The highest BCUT2D eigenvalue weighted by molar-refractivity contribution is 5.78. The quantitative estimate of drug-likeness (QED) is 0.492. The van der Waals surface area contributed by atoms with Crippen molar-refractivity contribution in [1.29, 1.82) is 0 Å². The molecule has 1 N–H and O–H groups in total. The highest BCUT2D eigenvalue weighted by Crippen LogP contribution is 2.23. The molecule has 0 radical (unpaired) electrons. The molecule has 0 unspecified atom stereocenters. The van der Waals surface area contributed by atoms with Crippen LogP contribution in [0.1, 0.15) is 25.1 Å². The summed E-state index contributed by atoms with van der Waals surface area (Å²) in [6, 6.07) is 13.3. The van der Waals surface area contributed by atoms with Gasteiger partial charge in [0.05, 0.1) is 29.2 Å². The molecule has 158 valence electrons. The number of rotatable bonds is 7. The van der Waals surface area contributed by atoms with E-state index in [1.54, 1.807) is 41.3 Å². The third-order valence-electron chi connectivity index (χ3n) is 4.98. The smallest absolute Gasteiger partial charge is 0.258 e. The molecule has 4 rings (SSSR count). The summed E-state index contributed by atoms with van der Waals surface area (Å²) in [4.78, 5) is 37.9. The fourth-order valence-electron chi connectivity index (χ4n) is 3.35. The first-order valence-electron chi connectivity index (χ1n) is 10.0. The molecule has 1 amide bonds. The summed E-state index contributed by atoms with van der Waals surface area (Å²) in [6.45, 7) is 2.52. The molecule has 7 nitrogen and oxygen atoms in total. The summed E-state index contributed by atoms with van der Waals surface area (Å²) < 4.78 is 19.5. The van der Waals surface area contributed by atoms with Crippen molar-refractivity contribution in [3.63, 3.8) is 0 Å². The Kier molecular flexibility index (Phi) is 5.88. The van der Waals surface area contributed by atoms with E-state index in [9.17, 15) is 14.0 Å². The first kappa shape index (κ1) is 20.5. The van der Waals surface area contributed by atoms with E-state index in [-0.39, 0.29) is 30.9 Å². The number of aromatic nitrogens is 3. The topological polar surface area (TPSA) is 92.1 Å². The van der Waals surface area contributed by atoms with Crippen LogP contribution in [0.15, 0.2) is 63.9 Å². The molecule has 2 heterocycles. The Morgan fingerprint density at radius 2 is 1.94 bits per heavy atom. The number of amides is 1. The first-order valence-corrected chi connectivity index (χ1v) is 10.0. The Hall–Kier alpha value is -3.81. The van der Waals surface area contributed by atoms with Crippen molar-refractivity contribution in [2.24, 2.45) is 0 Å². The summed E-state index contributed by atoms with van der Waals surface area (Å²) in [5, 5.41) is 0.509. The third-order valence-corrected chi connectivity index (χ3v) is 4.98. The standard InChI is InChI=1S/C23H21FN4O3/c1-2-28(14-20-26-18-10-6-4-8-16(18)23(30)27-20)22(29)12-11-21-25-13-19(31-21)15-7-3-5-9-17(15)24/h3-10,13H,2,11-12,14H2,1H3,(H,26,27,30). The third kappa shape index (κ3) is 4.53. The fraction of sp³-hybridized carbons (Fsp3) is 0.217. The number of hydrogen-bond donors (Lipinski definition) is 1. The van der Waals surface area contributed by atoms with Crippen LogP contribution in [0.25, 0.3) is 22.2 Å². The van der Waals surface area contributed by atoms with Gasteiger partial charge in [0.25, 0.3) is 5.56 Å².